The van der Waals surface area contributed by atoms with Gasteiger partial charge in [0.1, 0.15) is 11.1 Å². The number of Topliss-reactive ketones (excluding diaryl/α,β-unsaturated/α-hetero) is 1. The molecule has 0 saturated heterocycles. The van der Waals surface area contributed by atoms with E-state index in [1.54, 1.807) is 12.1 Å². The molecule has 1 aliphatic carbocycles. The fourth-order valence-electron chi connectivity index (χ4n) is 4.78. The molecule has 2 aliphatic heterocycles. The Labute approximate surface area is 189 Å². The molecule has 0 bridgehead atoms. The highest BCUT2D eigenvalue weighted by atomic mass is 32.1. The normalized spacial score (nSPS) is 25.1. The molecule has 9 heteroatoms. The number of fused-ring (bicyclic) bond motifs is 1. The van der Waals surface area contributed by atoms with Crippen LogP contribution in [0.25, 0.3) is 0 Å². The van der Waals surface area contributed by atoms with Crippen molar-refractivity contribution in [2.45, 2.75) is 57.6 Å². The van der Waals surface area contributed by atoms with Gasteiger partial charge in [0.05, 0.1) is 24.6 Å². The summed E-state index contributed by atoms with van der Waals surface area (Å²) in [5.41, 5.74) is 1.01. The van der Waals surface area contributed by atoms with E-state index in [9.17, 15) is 14.7 Å². The summed E-state index contributed by atoms with van der Waals surface area (Å²) < 4.78 is 11.5. The number of ether oxygens (including phenoxy) is 2. The quantitative estimate of drug-likeness (QED) is 0.746. The van der Waals surface area contributed by atoms with E-state index >= 15 is 0 Å². The molecule has 8 nitrogen and oxygen atoms in total. The molecule has 3 aliphatic rings. The van der Waals surface area contributed by atoms with Crippen LogP contribution in [0.5, 0.6) is 11.5 Å². The lowest BCUT2D eigenvalue weighted by Crippen LogP contribution is -2.39. The highest BCUT2D eigenvalue weighted by Crippen LogP contribution is 2.49. The van der Waals surface area contributed by atoms with Crippen LogP contribution < -0.4 is 9.64 Å². The maximum Gasteiger partial charge on any atom is 0.296 e. The van der Waals surface area contributed by atoms with Crippen LogP contribution in [0.1, 0.15) is 62.1 Å². The van der Waals surface area contributed by atoms with Gasteiger partial charge in [0.25, 0.3) is 5.91 Å². The summed E-state index contributed by atoms with van der Waals surface area (Å²) in [5, 5.41) is 19.8. The van der Waals surface area contributed by atoms with E-state index in [1.807, 2.05) is 13.8 Å². The number of rotatable bonds is 4. The molecule has 1 saturated carbocycles. The van der Waals surface area contributed by atoms with Gasteiger partial charge in [0, 0.05) is 5.92 Å². The van der Waals surface area contributed by atoms with Crippen molar-refractivity contribution in [3.8, 4) is 11.5 Å². The Hall–Kier alpha value is -2.94. The first kappa shape index (κ1) is 20.9. The van der Waals surface area contributed by atoms with Crippen molar-refractivity contribution in [3.63, 3.8) is 0 Å². The van der Waals surface area contributed by atoms with Gasteiger partial charge in [-0.05, 0) is 37.0 Å². The van der Waals surface area contributed by atoms with Crippen LogP contribution in [0.3, 0.4) is 0 Å². The van der Waals surface area contributed by atoms with Gasteiger partial charge in [-0.25, -0.2) is 0 Å². The first-order chi connectivity index (χ1) is 15.4. The van der Waals surface area contributed by atoms with Gasteiger partial charge in [0.15, 0.2) is 23.0 Å². The van der Waals surface area contributed by atoms with Gasteiger partial charge in [-0.15, -0.1) is 10.2 Å². The Balaban J connectivity index is 1.65. The minimum atomic E-state index is -0.713. The highest BCUT2D eigenvalue weighted by Gasteiger charge is 2.53. The molecule has 0 radical (unpaired) electrons. The summed E-state index contributed by atoms with van der Waals surface area (Å²) >= 11 is 1.33. The van der Waals surface area contributed by atoms with Crippen LogP contribution in [-0.2, 0) is 14.3 Å². The maximum atomic E-state index is 13.7. The van der Waals surface area contributed by atoms with Crippen LogP contribution >= 0.6 is 11.3 Å². The Morgan fingerprint density at radius 3 is 2.72 bits per heavy atom. The molecule has 1 fully saturated rings. The smallest absolute Gasteiger partial charge is 0.296 e. The Kier molecular flexibility index (Phi) is 5.16. The molecule has 3 unspecified atom stereocenters. The third-order valence-corrected chi connectivity index (χ3v) is 7.64. The van der Waals surface area contributed by atoms with Gasteiger partial charge in [-0.2, -0.15) is 0 Å². The molecule has 2 aromatic rings. The number of aromatic hydroxyl groups is 1. The first-order valence-electron chi connectivity index (χ1n) is 10.9. The van der Waals surface area contributed by atoms with Crippen molar-refractivity contribution in [2.24, 2.45) is 5.92 Å². The number of phenolic OH excluding ortho intramolecular Hbond substituents is 1. The van der Waals surface area contributed by atoms with E-state index in [1.165, 1.54) is 29.4 Å². The summed E-state index contributed by atoms with van der Waals surface area (Å²) in [5.74, 6) is -0.108. The van der Waals surface area contributed by atoms with Gasteiger partial charge in [-0.3, -0.25) is 14.5 Å². The zero-order chi connectivity index (χ0) is 22.6. The number of benzene rings is 1. The fourth-order valence-corrected chi connectivity index (χ4v) is 5.65. The number of hydrogen-bond donors (Lipinski definition) is 1. The molecule has 1 aromatic carbocycles. The average Bonchev–Trinajstić information content (AvgIpc) is 3.38. The molecule has 1 N–H and O–H groups in total. The number of aromatic nitrogens is 2. The van der Waals surface area contributed by atoms with Crippen molar-refractivity contribution >= 4 is 28.2 Å². The van der Waals surface area contributed by atoms with Crippen LogP contribution in [-0.4, -0.2) is 40.2 Å². The Bertz CT molecular complexity index is 1120. The van der Waals surface area contributed by atoms with Crippen LogP contribution in [0.4, 0.5) is 5.13 Å². The number of carbonyl (C=O) groups is 2. The lowest BCUT2D eigenvalue weighted by Gasteiger charge is -2.35. The summed E-state index contributed by atoms with van der Waals surface area (Å²) in [6.07, 6.45) is 3.24. The summed E-state index contributed by atoms with van der Waals surface area (Å²) in [6.45, 7) is 4.03. The molecule has 168 valence electrons. The number of methoxy groups -OCH3 is 1. The summed E-state index contributed by atoms with van der Waals surface area (Å²) in [7, 11) is 1.46. The van der Waals surface area contributed by atoms with Crippen molar-refractivity contribution in [1.29, 1.82) is 0 Å². The van der Waals surface area contributed by atoms with Crippen LogP contribution in [0.2, 0.25) is 0 Å². The molecule has 0 spiro atoms. The predicted octanol–water partition coefficient (Wildman–Crippen LogP) is 3.88. The van der Waals surface area contributed by atoms with Gasteiger partial charge in [-0.1, -0.05) is 37.7 Å². The molecule has 3 heterocycles. The van der Waals surface area contributed by atoms with E-state index in [0.717, 1.165) is 30.7 Å². The van der Waals surface area contributed by atoms with Crippen LogP contribution in [0.15, 0.2) is 29.5 Å². The molecule has 1 amide bonds. The van der Waals surface area contributed by atoms with Gasteiger partial charge < -0.3 is 14.6 Å². The number of amides is 1. The number of carbonyl (C=O) groups excluding carboxylic acids is 2. The first-order valence-corrected chi connectivity index (χ1v) is 11.7. The fraction of sp³-hybridized carbons (Fsp3) is 0.478. The number of phenols is 1. The second-order valence-corrected chi connectivity index (χ2v) is 9.73. The zero-order valence-corrected chi connectivity index (χ0v) is 19.0. The topological polar surface area (TPSA) is 102 Å². The summed E-state index contributed by atoms with van der Waals surface area (Å²) in [6, 6.07) is 4.15. The van der Waals surface area contributed by atoms with Crippen molar-refractivity contribution < 1.29 is 24.2 Å². The number of anilines is 1. The van der Waals surface area contributed by atoms with E-state index in [2.05, 4.69) is 10.2 Å². The molecule has 32 heavy (non-hydrogen) atoms. The molecule has 5 rings (SSSR count). The van der Waals surface area contributed by atoms with Crippen LogP contribution in [0, 0.1) is 5.92 Å². The average molecular weight is 456 g/mol. The van der Waals surface area contributed by atoms with Crippen molar-refractivity contribution in [1.82, 2.24) is 10.2 Å². The molecule has 3 atom stereocenters. The third kappa shape index (κ3) is 3.18. The molecular weight excluding hydrogens is 430 g/mol. The monoisotopic (exact) mass is 455 g/mol. The molecular formula is C23H25N3O5S. The molecule has 1 aromatic heterocycles. The Morgan fingerprint density at radius 2 is 2.00 bits per heavy atom. The van der Waals surface area contributed by atoms with Crippen molar-refractivity contribution in [3.05, 3.63) is 40.1 Å². The SMILES string of the molecule is COc1cc(C2C3=C(OC4CCCCC4C3=O)C(=O)N2c2nnc(C(C)C)s2)ccc1O. The minimum Gasteiger partial charge on any atom is -0.504 e. The Morgan fingerprint density at radius 1 is 1.22 bits per heavy atom. The summed E-state index contributed by atoms with van der Waals surface area (Å²) in [4.78, 5) is 28.8. The third-order valence-electron chi connectivity index (χ3n) is 6.41. The second kappa shape index (κ2) is 7.88. The van der Waals surface area contributed by atoms with Gasteiger partial charge in [0.2, 0.25) is 5.13 Å². The van der Waals surface area contributed by atoms with E-state index in [4.69, 9.17) is 9.47 Å². The van der Waals surface area contributed by atoms with E-state index in [0.29, 0.717) is 16.3 Å². The standard InChI is InChI=1S/C23H25N3O5S/c1-11(2)21-24-25-23(32-21)26-18(12-8-9-14(27)16(10-12)30-3)17-19(28)13-6-4-5-7-15(13)31-20(17)22(26)29/h8-11,13,15,18,27H,4-7H2,1-3H3. The number of hydrogen-bond acceptors (Lipinski definition) is 8. The number of nitrogens with zero attached hydrogens (tertiary/aromatic N) is 3. The van der Waals surface area contributed by atoms with E-state index < -0.39 is 6.04 Å². The highest BCUT2D eigenvalue weighted by molar-refractivity contribution is 7.15. The zero-order valence-electron chi connectivity index (χ0n) is 18.2. The number of ketones is 1. The maximum absolute atomic E-state index is 13.7. The predicted molar refractivity (Wildman–Crippen MR) is 118 cm³/mol. The second-order valence-electron chi connectivity index (χ2n) is 8.74. The minimum absolute atomic E-state index is 0.0158. The lowest BCUT2D eigenvalue weighted by molar-refractivity contribution is -0.131. The largest absolute Gasteiger partial charge is 0.504 e. The lowest BCUT2D eigenvalue weighted by atomic mass is 9.77. The van der Waals surface area contributed by atoms with E-state index in [-0.39, 0.29) is 46.9 Å². The van der Waals surface area contributed by atoms with Crippen molar-refractivity contribution in [2.75, 3.05) is 12.0 Å². The van der Waals surface area contributed by atoms with Gasteiger partial charge >= 0.3 is 0 Å².